The first kappa shape index (κ1) is 20.4. The minimum absolute atomic E-state index is 0.113. The minimum atomic E-state index is -0.113. The van der Waals surface area contributed by atoms with Crippen molar-refractivity contribution >= 4 is 0 Å². The SMILES string of the molecule is Cc1ccccc1COc1coc(C[NH+]2CC[NH+](Cc3ccccc3)CC2)cc1=O. The van der Waals surface area contributed by atoms with Gasteiger partial charge in [0.25, 0.3) is 0 Å². The molecule has 0 saturated carbocycles. The third-order valence-electron chi connectivity index (χ3n) is 5.88. The fourth-order valence-corrected chi connectivity index (χ4v) is 4.01. The van der Waals surface area contributed by atoms with Crippen molar-refractivity contribution in [1.82, 2.24) is 0 Å². The highest BCUT2D eigenvalue weighted by atomic mass is 16.5. The summed E-state index contributed by atoms with van der Waals surface area (Å²) in [6, 6.07) is 20.3. The Balaban J connectivity index is 1.28. The molecule has 0 atom stereocenters. The lowest BCUT2D eigenvalue weighted by Gasteiger charge is -2.29. The molecule has 0 aliphatic carbocycles. The second kappa shape index (κ2) is 9.74. The summed E-state index contributed by atoms with van der Waals surface area (Å²) in [7, 11) is 0. The van der Waals surface area contributed by atoms with E-state index < -0.39 is 0 Å². The maximum atomic E-state index is 12.4. The lowest BCUT2D eigenvalue weighted by atomic mass is 10.1. The van der Waals surface area contributed by atoms with Crippen LogP contribution in [0.1, 0.15) is 22.5 Å². The zero-order valence-electron chi connectivity index (χ0n) is 17.5. The van der Waals surface area contributed by atoms with Crippen molar-refractivity contribution in [2.24, 2.45) is 0 Å². The van der Waals surface area contributed by atoms with Crippen LogP contribution in [-0.4, -0.2) is 26.2 Å². The van der Waals surface area contributed by atoms with Crippen LogP contribution >= 0.6 is 0 Å². The molecule has 4 rings (SSSR count). The van der Waals surface area contributed by atoms with E-state index in [2.05, 4.69) is 30.3 Å². The summed E-state index contributed by atoms with van der Waals surface area (Å²) in [5.74, 6) is 0.999. The molecule has 0 unspecified atom stereocenters. The number of benzene rings is 2. The largest absolute Gasteiger partial charge is 0.482 e. The Morgan fingerprint density at radius 2 is 1.57 bits per heavy atom. The zero-order chi connectivity index (χ0) is 20.8. The number of quaternary nitrogens is 2. The first-order valence-corrected chi connectivity index (χ1v) is 10.7. The smallest absolute Gasteiger partial charge is 0.227 e. The topological polar surface area (TPSA) is 48.3 Å². The van der Waals surface area contributed by atoms with E-state index in [0.29, 0.717) is 6.61 Å². The van der Waals surface area contributed by atoms with Crippen LogP contribution in [0.3, 0.4) is 0 Å². The first-order chi connectivity index (χ1) is 14.7. The number of rotatable bonds is 7. The highest BCUT2D eigenvalue weighted by Crippen LogP contribution is 2.12. The number of aryl methyl sites for hydroxylation is 1. The Morgan fingerprint density at radius 3 is 2.27 bits per heavy atom. The summed E-state index contributed by atoms with van der Waals surface area (Å²) in [6.07, 6.45) is 1.46. The van der Waals surface area contributed by atoms with E-state index in [0.717, 1.165) is 56.2 Å². The normalized spacial score (nSPS) is 18.8. The minimum Gasteiger partial charge on any atom is -0.482 e. The number of piperazine rings is 1. The first-order valence-electron chi connectivity index (χ1n) is 10.7. The van der Waals surface area contributed by atoms with Crippen LogP contribution in [0.2, 0.25) is 0 Å². The van der Waals surface area contributed by atoms with E-state index in [9.17, 15) is 4.79 Å². The van der Waals surface area contributed by atoms with Crippen molar-refractivity contribution in [1.29, 1.82) is 0 Å². The van der Waals surface area contributed by atoms with E-state index in [-0.39, 0.29) is 11.2 Å². The zero-order valence-corrected chi connectivity index (χ0v) is 17.5. The van der Waals surface area contributed by atoms with Gasteiger partial charge in [0.2, 0.25) is 11.2 Å². The number of hydrogen-bond acceptors (Lipinski definition) is 3. The van der Waals surface area contributed by atoms with Crippen LogP contribution in [0.25, 0.3) is 0 Å². The summed E-state index contributed by atoms with van der Waals surface area (Å²) in [4.78, 5) is 15.5. The van der Waals surface area contributed by atoms with E-state index >= 15 is 0 Å². The van der Waals surface area contributed by atoms with Gasteiger partial charge in [-0.15, -0.1) is 0 Å². The Hall–Kier alpha value is -2.89. The van der Waals surface area contributed by atoms with Crippen LogP contribution in [0.15, 0.2) is 76.1 Å². The van der Waals surface area contributed by atoms with Crippen LogP contribution in [0.4, 0.5) is 0 Å². The molecule has 1 aliphatic rings. The predicted octanol–water partition coefficient (Wildman–Crippen LogP) is 1.01. The van der Waals surface area contributed by atoms with Gasteiger partial charge in [0.15, 0.2) is 5.76 Å². The summed E-state index contributed by atoms with van der Waals surface area (Å²) in [5, 5.41) is 0. The number of nitrogens with one attached hydrogen (secondary N) is 2. The number of ether oxygens (including phenoxy) is 1. The summed E-state index contributed by atoms with van der Waals surface area (Å²) < 4.78 is 11.4. The fourth-order valence-electron chi connectivity index (χ4n) is 4.01. The van der Waals surface area contributed by atoms with Crippen LogP contribution in [0, 0.1) is 6.92 Å². The van der Waals surface area contributed by atoms with Crippen LogP contribution in [0.5, 0.6) is 5.75 Å². The van der Waals surface area contributed by atoms with Crippen LogP contribution < -0.4 is 20.0 Å². The molecule has 3 aromatic rings. The molecule has 0 radical (unpaired) electrons. The van der Waals surface area contributed by atoms with Gasteiger partial charge in [0, 0.05) is 11.6 Å². The fraction of sp³-hybridized carbons (Fsp3) is 0.320. The van der Waals surface area contributed by atoms with Crippen molar-refractivity contribution in [3.8, 4) is 5.75 Å². The second-order valence-corrected chi connectivity index (χ2v) is 8.13. The quantitative estimate of drug-likeness (QED) is 0.616. The molecule has 5 heteroatoms. The van der Waals surface area contributed by atoms with Crippen molar-refractivity contribution in [3.05, 3.63) is 99.6 Å². The van der Waals surface area contributed by atoms with Crippen molar-refractivity contribution in [3.63, 3.8) is 0 Å². The molecular weight excluding hydrogens is 376 g/mol. The van der Waals surface area contributed by atoms with Gasteiger partial charge in [0.05, 0.1) is 0 Å². The van der Waals surface area contributed by atoms with Gasteiger partial charge in [-0.2, -0.15) is 0 Å². The summed E-state index contributed by atoms with van der Waals surface area (Å²) in [5.41, 5.74) is 3.50. The molecular formula is C25H30N2O3+2. The van der Waals surface area contributed by atoms with Gasteiger partial charge in [-0.1, -0.05) is 54.6 Å². The summed E-state index contributed by atoms with van der Waals surface area (Å²) >= 11 is 0. The molecule has 2 N–H and O–H groups in total. The molecule has 2 aromatic carbocycles. The third kappa shape index (κ3) is 5.38. The molecule has 1 saturated heterocycles. The maximum Gasteiger partial charge on any atom is 0.227 e. The third-order valence-corrected chi connectivity index (χ3v) is 5.88. The van der Waals surface area contributed by atoms with Crippen molar-refractivity contribution in [2.75, 3.05) is 26.2 Å². The molecule has 1 aliphatic heterocycles. The predicted molar refractivity (Wildman–Crippen MR) is 116 cm³/mol. The van der Waals surface area contributed by atoms with Crippen LogP contribution in [-0.2, 0) is 19.7 Å². The Kier molecular flexibility index (Phi) is 6.62. The molecule has 0 spiro atoms. The lowest BCUT2D eigenvalue weighted by Crippen LogP contribution is -3.27. The highest BCUT2D eigenvalue weighted by molar-refractivity contribution is 5.26. The van der Waals surface area contributed by atoms with Gasteiger partial charge in [-0.05, 0) is 18.1 Å². The van der Waals surface area contributed by atoms with Gasteiger partial charge in [-0.25, -0.2) is 0 Å². The van der Waals surface area contributed by atoms with E-state index in [1.807, 2.05) is 31.2 Å². The molecule has 156 valence electrons. The Bertz CT molecular complexity index is 1010. The molecule has 30 heavy (non-hydrogen) atoms. The standard InChI is InChI=1S/C25H28N2O3/c1-20-7-5-6-10-22(20)18-30-25-19-29-23(15-24(25)28)17-27-13-11-26(12-14-27)16-21-8-3-2-4-9-21/h2-10,15,19H,11-14,16-18H2,1H3/p+2. The molecule has 1 fully saturated rings. The Labute approximate surface area is 177 Å². The average molecular weight is 407 g/mol. The maximum absolute atomic E-state index is 12.4. The van der Waals surface area contributed by atoms with E-state index in [1.54, 1.807) is 11.0 Å². The molecule has 2 heterocycles. The van der Waals surface area contributed by atoms with Crippen molar-refractivity contribution < 1.29 is 19.0 Å². The van der Waals surface area contributed by atoms with Gasteiger partial charge < -0.3 is 19.0 Å². The highest BCUT2D eigenvalue weighted by Gasteiger charge is 2.24. The average Bonchev–Trinajstić information content (AvgIpc) is 2.76. The second-order valence-electron chi connectivity index (χ2n) is 8.13. The lowest BCUT2D eigenvalue weighted by molar-refractivity contribution is -1.02. The van der Waals surface area contributed by atoms with Gasteiger partial charge >= 0.3 is 0 Å². The number of hydrogen-bond donors (Lipinski definition) is 2. The Morgan fingerprint density at radius 1 is 0.900 bits per heavy atom. The molecule has 0 bridgehead atoms. The molecule has 1 aromatic heterocycles. The molecule has 0 amide bonds. The van der Waals surface area contributed by atoms with Gasteiger partial charge in [0.1, 0.15) is 52.1 Å². The van der Waals surface area contributed by atoms with E-state index in [1.165, 1.54) is 16.7 Å². The van der Waals surface area contributed by atoms with Gasteiger partial charge in [-0.3, -0.25) is 4.79 Å². The monoisotopic (exact) mass is 406 g/mol. The summed E-state index contributed by atoms with van der Waals surface area (Å²) in [6.45, 7) is 8.65. The molecule has 5 nitrogen and oxygen atoms in total. The van der Waals surface area contributed by atoms with E-state index in [4.69, 9.17) is 9.15 Å². The van der Waals surface area contributed by atoms with Crippen molar-refractivity contribution in [2.45, 2.75) is 26.6 Å².